The molecule has 0 radical (unpaired) electrons. The highest BCUT2D eigenvalue weighted by Crippen LogP contribution is 2.34. The van der Waals surface area contributed by atoms with Crippen molar-refractivity contribution in [3.8, 4) is 11.5 Å². The van der Waals surface area contributed by atoms with Crippen LogP contribution in [0.5, 0.6) is 0 Å². The minimum atomic E-state index is -1.20. The highest BCUT2D eigenvalue weighted by molar-refractivity contribution is 5.95. The van der Waals surface area contributed by atoms with Gasteiger partial charge in [0.05, 0.1) is 16.8 Å². The van der Waals surface area contributed by atoms with E-state index >= 15 is 0 Å². The third kappa shape index (κ3) is 4.51. The number of oxazole rings is 1. The van der Waals surface area contributed by atoms with Crippen molar-refractivity contribution >= 4 is 5.91 Å². The summed E-state index contributed by atoms with van der Waals surface area (Å²) in [5.74, 6) is -2.63. The largest absolute Gasteiger partial charge is 0.446 e. The predicted molar refractivity (Wildman–Crippen MR) is 126 cm³/mol. The van der Waals surface area contributed by atoms with Crippen molar-refractivity contribution < 1.29 is 22.4 Å². The number of aryl methyl sites for hydroxylation is 1. The maximum absolute atomic E-state index is 14.8. The maximum Gasteiger partial charge on any atom is 0.254 e. The average Bonchev–Trinajstić information content (AvgIpc) is 3.61. The van der Waals surface area contributed by atoms with Crippen LogP contribution in [-0.2, 0) is 12.0 Å². The van der Waals surface area contributed by atoms with E-state index in [4.69, 9.17) is 14.6 Å². The van der Waals surface area contributed by atoms with Crippen LogP contribution in [0.1, 0.15) is 59.2 Å². The van der Waals surface area contributed by atoms with Gasteiger partial charge in [0.2, 0.25) is 11.8 Å². The zero-order chi connectivity index (χ0) is 25.4. The summed E-state index contributed by atoms with van der Waals surface area (Å²) >= 11 is 0. The molecule has 8 nitrogen and oxygen atoms in total. The van der Waals surface area contributed by atoms with E-state index in [2.05, 4.69) is 15.2 Å². The number of halogens is 2. The first-order chi connectivity index (χ1) is 17.2. The van der Waals surface area contributed by atoms with Crippen molar-refractivity contribution in [2.24, 2.45) is 5.73 Å². The average molecular weight is 494 g/mol. The van der Waals surface area contributed by atoms with Crippen molar-refractivity contribution in [1.29, 1.82) is 0 Å². The number of nitrogens with two attached hydrogens (primary N) is 1. The second-order valence-electron chi connectivity index (χ2n) is 9.30. The van der Waals surface area contributed by atoms with Gasteiger partial charge >= 0.3 is 0 Å². The molecule has 10 heteroatoms. The Kier molecular flexibility index (Phi) is 6.13. The second kappa shape index (κ2) is 9.27. The van der Waals surface area contributed by atoms with Gasteiger partial charge < -0.3 is 19.5 Å². The number of carbonyl (C=O) groups is 1. The first-order valence-corrected chi connectivity index (χ1v) is 11.6. The van der Waals surface area contributed by atoms with Crippen LogP contribution in [0.2, 0.25) is 0 Å². The van der Waals surface area contributed by atoms with Crippen LogP contribution in [0.15, 0.2) is 57.6 Å². The van der Waals surface area contributed by atoms with Gasteiger partial charge in [-0.05, 0) is 50.8 Å². The van der Waals surface area contributed by atoms with Gasteiger partial charge in [0.15, 0.2) is 11.6 Å². The first-order valence-electron chi connectivity index (χ1n) is 11.6. The van der Waals surface area contributed by atoms with Crippen molar-refractivity contribution in [1.82, 2.24) is 20.1 Å². The summed E-state index contributed by atoms with van der Waals surface area (Å²) in [7, 11) is 0. The molecule has 5 rings (SSSR count). The fourth-order valence-electron chi connectivity index (χ4n) is 4.48. The van der Waals surface area contributed by atoms with Crippen molar-refractivity contribution in [2.45, 2.75) is 44.7 Å². The molecule has 3 heterocycles. The number of amides is 1. The summed E-state index contributed by atoms with van der Waals surface area (Å²) in [6.45, 7) is 3.95. The molecule has 2 N–H and O–H groups in total. The molecular formula is C26H25F2N5O3. The molecule has 1 aliphatic heterocycles. The van der Waals surface area contributed by atoms with E-state index < -0.39 is 23.1 Å². The number of rotatable bonds is 6. The number of benzene rings is 2. The van der Waals surface area contributed by atoms with E-state index in [-0.39, 0.29) is 29.0 Å². The molecule has 2 aromatic heterocycles. The molecule has 0 bridgehead atoms. The smallest absolute Gasteiger partial charge is 0.254 e. The maximum atomic E-state index is 14.8. The Balaban J connectivity index is 1.44. The summed E-state index contributed by atoms with van der Waals surface area (Å²) in [6, 6.07) is 11.2. The molecule has 0 spiro atoms. The number of carbonyl (C=O) groups excluding carboxylic acids is 1. The number of hydrogen-bond donors (Lipinski definition) is 1. The molecule has 186 valence electrons. The number of likely N-dealkylation sites (tertiary alicyclic amines) is 1. The fourth-order valence-corrected chi connectivity index (χ4v) is 4.48. The summed E-state index contributed by atoms with van der Waals surface area (Å²) in [6.07, 6.45) is 3.30. The third-order valence-corrected chi connectivity index (χ3v) is 6.27. The lowest BCUT2D eigenvalue weighted by atomic mass is 9.94. The highest BCUT2D eigenvalue weighted by Gasteiger charge is 2.35. The minimum Gasteiger partial charge on any atom is -0.446 e. The molecule has 2 aromatic carbocycles. The third-order valence-electron chi connectivity index (χ3n) is 6.27. The number of hydrogen-bond acceptors (Lipinski definition) is 7. The SMILES string of the molecule is Cc1coc([C@H]2CCCN2C(=O)c2cc(F)c(F)c(-c3nnc([C@@](C)(N)Cc4ccccc4)o3)c2)n1. The predicted octanol–water partition coefficient (Wildman–Crippen LogP) is 4.71. The molecule has 1 aliphatic rings. The van der Waals surface area contributed by atoms with Crippen molar-refractivity contribution in [2.75, 3.05) is 6.54 Å². The minimum absolute atomic E-state index is 0.0429. The Bertz CT molecular complexity index is 1400. The Hall–Kier alpha value is -3.92. The molecule has 36 heavy (non-hydrogen) atoms. The molecule has 0 saturated carbocycles. The van der Waals surface area contributed by atoms with E-state index in [1.807, 2.05) is 30.3 Å². The first kappa shape index (κ1) is 23.8. The monoisotopic (exact) mass is 493 g/mol. The Morgan fingerprint density at radius 1 is 1.22 bits per heavy atom. The summed E-state index contributed by atoms with van der Waals surface area (Å²) in [5.41, 5.74) is 6.67. The van der Waals surface area contributed by atoms with Gasteiger partial charge in [-0.15, -0.1) is 10.2 Å². The van der Waals surface area contributed by atoms with Crippen LogP contribution in [0.3, 0.4) is 0 Å². The Morgan fingerprint density at radius 3 is 2.72 bits per heavy atom. The molecule has 1 saturated heterocycles. The number of aromatic nitrogens is 3. The van der Waals surface area contributed by atoms with Gasteiger partial charge in [-0.25, -0.2) is 13.8 Å². The van der Waals surface area contributed by atoms with Gasteiger partial charge in [0, 0.05) is 12.1 Å². The normalized spacial score (nSPS) is 17.4. The van der Waals surface area contributed by atoms with Crippen molar-refractivity contribution in [3.63, 3.8) is 0 Å². The van der Waals surface area contributed by atoms with E-state index in [0.29, 0.717) is 31.0 Å². The van der Waals surface area contributed by atoms with Gasteiger partial charge in [0.1, 0.15) is 12.3 Å². The zero-order valence-electron chi connectivity index (χ0n) is 19.9. The lowest BCUT2D eigenvalue weighted by Gasteiger charge is -2.22. The molecule has 1 amide bonds. The summed E-state index contributed by atoms with van der Waals surface area (Å²) in [5, 5.41) is 7.90. The van der Waals surface area contributed by atoms with Gasteiger partial charge in [-0.2, -0.15) is 0 Å². The Labute approximate surface area is 206 Å². The quantitative estimate of drug-likeness (QED) is 0.414. The zero-order valence-corrected chi connectivity index (χ0v) is 19.9. The van der Waals surface area contributed by atoms with E-state index in [0.717, 1.165) is 18.1 Å². The second-order valence-corrected chi connectivity index (χ2v) is 9.30. The van der Waals surface area contributed by atoms with Crippen LogP contribution in [0.25, 0.3) is 11.5 Å². The summed E-state index contributed by atoms with van der Waals surface area (Å²) < 4.78 is 40.6. The van der Waals surface area contributed by atoms with E-state index in [1.165, 1.54) is 12.3 Å². The molecule has 4 aromatic rings. The topological polar surface area (TPSA) is 111 Å². The molecule has 0 aliphatic carbocycles. The summed E-state index contributed by atoms with van der Waals surface area (Å²) in [4.78, 5) is 19.2. The Morgan fingerprint density at radius 2 is 2.00 bits per heavy atom. The number of nitrogens with zero attached hydrogens (tertiary/aromatic N) is 4. The van der Waals surface area contributed by atoms with Crippen LogP contribution in [0.4, 0.5) is 8.78 Å². The molecule has 2 atom stereocenters. The van der Waals surface area contributed by atoms with Crippen molar-refractivity contribution in [3.05, 3.63) is 89.0 Å². The van der Waals surface area contributed by atoms with Crippen LogP contribution < -0.4 is 5.73 Å². The molecular weight excluding hydrogens is 468 g/mol. The molecule has 0 unspecified atom stereocenters. The van der Waals surface area contributed by atoms with Crippen LogP contribution >= 0.6 is 0 Å². The fraction of sp³-hybridized carbons (Fsp3) is 0.308. The van der Waals surface area contributed by atoms with Crippen LogP contribution in [-0.4, -0.2) is 32.5 Å². The highest BCUT2D eigenvalue weighted by atomic mass is 19.2. The lowest BCUT2D eigenvalue weighted by Crippen LogP contribution is -2.35. The van der Waals surface area contributed by atoms with E-state index in [9.17, 15) is 13.6 Å². The molecule has 1 fully saturated rings. The standard InChI is InChI=1S/C26H25F2N5O3/c1-15-14-35-23(30-15)20-9-6-10-33(20)24(34)17-11-18(21(28)19(27)12-17)22-31-32-25(36-22)26(2,29)13-16-7-4-3-5-8-16/h3-5,7-8,11-12,14,20H,6,9-10,13,29H2,1-2H3/t20-,26+/m1/s1. The van der Waals surface area contributed by atoms with Gasteiger partial charge in [-0.3, -0.25) is 4.79 Å². The van der Waals surface area contributed by atoms with Crippen LogP contribution in [0, 0.1) is 18.6 Å². The van der Waals surface area contributed by atoms with Gasteiger partial charge in [-0.1, -0.05) is 30.3 Å². The van der Waals surface area contributed by atoms with Gasteiger partial charge in [0.25, 0.3) is 11.8 Å². The van der Waals surface area contributed by atoms with E-state index in [1.54, 1.807) is 18.7 Å². The lowest BCUT2D eigenvalue weighted by molar-refractivity contribution is 0.0715.